The summed E-state index contributed by atoms with van der Waals surface area (Å²) in [5, 5.41) is 3.71. The van der Waals surface area contributed by atoms with Crippen LogP contribution in [0.3, 0.4) is 0 Å². The van der Waals surface area contributed by atoms with Gasteiger partial charge >= 0.3 is 0 Å². The zero-order valence-corrected chi connectivity index (χ0v) is 9.06. The van der Waals surface area contributed by atoms with Crippen molar-refractivity contribution in [3.05, 3.63) is 35.5 Å². The van der Waals surface area contributed by atoms with Crippen LogP contribution in [0.25, 0.3) is 5.69 Å². The normalized spacial score (nSPS) is 15.2. The van der Waals surface area contributed by atoms with Crippen LogP contribution in [-0.2, 0) is 6.42 Å². The lowest BCUT2D eigenvalue weighted by Crippen LogP contribution is -2.12. The molecule has 0 radical (unpaired) electrons. The average molecular weight is 216 g/mol. The number of carbonyl (C=O) groups excluding carboxylic acids is 1. The summed E-state index contributed by atoms with van der Waals surface area (Å²) in [5.74, 6) is 0.250. The third-order valence-corrected chi connectivity index (χ3v) is 3.08. The van der Waals surface area contributed by atoms with Crippen molar-refractivity contribution in [2.45, 2.75) is 26.2 Å². The number of nitrogens with zero attached hydrogens (tertiary/aromatic N) is 2. The fraction of sp³-hybridized carbons (Fsp3) is 0.333. The number of aryl methyl sites for hydroxylation is 1. The topological polar surface area (TPSA) is 48.0 Å². The van der Waals surface area contributed by atoms with E-state index < -0.39 is 0 Å². The molecule has 0 bridgehead atoms. The molecule has 4 heteroatoms. The van der Waals surface area contributed by atoms with Crippen LogP contribution in [0.15, 0.2) is 23.0 Å². The number of Topliss-reactive ketones (excluding diaryl/α,β-unsaturated/α-hetero) is 1. The lowest BCUT2D eigenvalue weighted by Gasteiger charge is -2.14. The van der Waals surface area contributed by atoms with Gasteiger partial charge in [-0.1, -0.05) is 5.16 Å². The summed E-state index contributed by atoms with van der Waals surface area (Å²) < 4.78 is 6.91. The molecule has 2 aromatic heterocycles. The predicted octanol–water partition coefficient (Wildman–Crippen LogP) is 2.29. The van der Waals surface area contributed by atoms with Crippen molar-refractivity contribution < 1.29 is 9.32 Å². The molecule has 0 saturated heterocycles. The lowest BCUT2D eigenvalue weighted by molar-refractivity contribution is 0.0972. The lowest BCUT2D eigenvalue weighted by atomic mass is 9.96. The number of carbonyl (C=O) groups is 1. The van der Waals surface area contributed by atoms with Gasteiger partial charge in [0.1, 0.15) is 12.0 Å². The highest BCUT2D eigenvalue weighted by molar-refractivity contribution is 5.98. The van der Waals surface area contributed by atoms with Crippen LogP contribution in [0.1, 0.15) is 34.6 Å². The smallest absolute Gasteiger partial charge is 0.164 e. The van der Waals surface area contributed by atoms with E-state index in [-0.39, 0.29) is 5.78 Å². The Hall–Kier alpha value is -1.84. The van der Waals surface area contributed by atoms with Crippen molar-refractivity contribution in [2.75, 3.05) is 0 Å². The van der Waals surface area contributed by atoms with E-state index >= 15 is 0 Å². The van der Waals surface area contributed by atoms with E-state index in [9.17, 15) is 4.79 Å². The molecule has 1 aliphatic carbocycles. The van der Waals surface area contributed by atoms with E-state index in [4.69, 9.17) is 4.52 Å². The van der Waals surface area contributed by atoms with Gasteiger partial charge in [-0.05, 0) is 25.8 Å². The molecule has 16 heavy (non-hydrogen) atoms. The summed E-state index contributed by atoms with van der Waals surface area (Å²) in [7, 11) is 0. The van der Waals surface area contributed by atoms with Gasteiger partial charge in [-0.2, -0.15) is 0 Å². The van der Waals surface area contributed by atoms with Crippen LogP contribution in [0.2, 0.25) is 0 Å². The molecule has 0 amide bonds. The highest BCUT2D eigenvalue weighted by Crippen LogP contribution is 2.27. The second-order valence-corrected chi connectivity index (χ2v) is 4.14. The molecule has 0 aliphatic heterocycles. The van der Waals surface area contributed by atoms with Crippen molar-refractivity contribution >= 4 is 5.78 Å². The number of rotatable bonds is 1. The zero-order valence-electron chi connectivity index (χ0n) is 9.06. The maximum atomic E-state index is 11.8. The van der Waals surface area contributed by atoms with E-state index in [0.717, 1.165) is 35.5 Å². The number of hydrogen-bond donors (Lipinski definition) is 0. The fourth-order valence-corrected chi connectivity index (χ4v) is 2.40. The summed E-state index contributed by atoms with van der Waals surface area (Å²) >= 11 is 0. The van der Waals surface area contributed by atoms with Gasteiger partial charge in [-0.15, -0.1) is 0 Å². The molecule has 0 N–H and O–H groups in total. The second-order valence-electron chi connectivity index (χ2n) is 4.14. The van der Waals surface area contributed by atoms with E-state index in [0.29, 0.717) is 6.42 Å². The van der Waals surface area contributed by atoms with Crippen LogP contribution in [-0.4, -0.2) is 15.5 Å². The van der Waals surface area contributed by atoms with E-state index in [1.54, 1.807) is 12.5 Å². The summed E-state index contributed by atoms with van der Waals surface area (Å²) in [6.07, 6.45) is 5.82. The second kappa shape index (κ2) is 3.33. The molecule has 1 aliphatic rings. The maximum Gasteiger partial charge on any atom is 0.164 e. The molecule has 82 valence electrons. The molecule has 0 aromatic carbocycles. The minimum Gasteiger partial charge on any atom is -0.362 e. The van der Waals surface area contributed by atoms with Crippen LogP contribution in [0.4, 0.5) is 0 Å². The fourth-order valence-electron chi connectivity index (χ4n) is 2.40. The Bertz CT molecular complexity index is 538. The van der Waals surface area contributed by atoms with Gasteiger partial charge in [0.25, 0.3) is 0 Å². The van der Waals surface area contributed by atoms with Gasteiger partial charge in [-0.25, -0.2) is 0 Å². The number of aromatic nitrogens is 2. The van der Waals surface area contributed by atoms with Gasteiger partial charge < -0.3 is 9.09 Å². The molecule has 4 nitrogen and oxygen atoms in total. The summed E-state index contributed by atoms with van der Waals surface area (Å²) in [4.78, 5) is 11.8. The van der Waals surface area contributed by atoms with E-state index in [1.807, 2.05) is 13.0 Å². The molecule has 3 rings (SSSR count). The van der Waals surface area contributed by atoms with Gasteiger partial charge in [-0.3, -0.25) is 4.79 Å². The SMILES string of the molecule is Cc1cc2c(n1-c1cnoc1)CCCC2=O. The van der Waals surface area contributed by atoms with Crippen molar-refractivity contribution in [1.82, 2.24) is 9.72 Å². The van der Waals surface area contributed by atoms with E-state index in [2.05, 4.69) is 9.72 Å². The molecule has 2 heterocycles. The van der Waals surface area contributed by atoms with Crippen molar-refractivity contribution in [3.63, 3.8) is 0 Å². The zero-order chi connectivity index (χ0) is 11.1. The highest BCUT2D eigenvalue weighted by Gasteiger charge is 2.23. The molecule has 0 saturated carbocycles. The van der Waals surface area contributed by atoms with Gasteiger partial charge in [0.2, 0.25) is 0 Å². The van der Waals surface area contributed by atoms with Crippen molar-refractivity contribution in [2.24, 2.45) is 0 Å². The first-order chi connectivity index (χ1) is 7.77. The Kier molecular flexibility index (Phi) is 1.96. The quantitative estimate of drug-likeness (QED) is 0.734. The minimum absolute atomic E-state index is 0.250. The number of hydrogen-bond acceptors (Lipinski definition) is 3. The van der Waals surface area contributed by atoms with Gasteiger partial charge in [0, 0.05) is 23.4 Å². The minimum atomic E-state index is 0.250. The molecule has 0 unspecified atom stereocenters. The van der Waals surface area contributed by atoms with E-state index in [1.165, 1.54) is 0 Å². The van der Waals surface area contributed by atoms with Gasteiger partial charge in [0.05, 0.1) is 6.20 Å². The summed E-state index contributed by atoms with van der Waals surface area (Å²) in [6, 6.07) is 1.96. The predicted molar refractivity (Wildman–Crippen MR) is 57.8 cm³/mol. The Balaban J connectivity index is 2.23. The molecule has 0 spiro atoms. The molecular weight excluding hydrogens is 204 g/mol. The van der Waals surface area contributed by atoms with Crippen molar-refractivity contribution in [1.29, 1.82) is 0 Å². The van der Waals surface area contributed by atoms with Gasteiger partial charge in [0.15, 0.2) is 5.78 Å². The molecule has 0 fully saturated rings. The molecule has 0 atom stereocenters. The van der Waals surface area contributed by atoms with Crippen LogP contribution < -0.4 is 0 Å². The average Bonchev–Trinajstić information content (AvgIpc) is 2.85. The van der Waals surface area contributed by atoms with Crippen molar-refractivity contribution in [3.8, 4) is 5.69 Å². The highest BCUT2D eigenvalue weighted by atomic mass is 16.5. The van der Waals surface area contributed by atoms with Crippen LogP contribution in [0.5, 0.6) is 0 Å². The first-order valence-corrected chi connectivity index (χ1v) is 5.41. The third kappa shape index (κ3) is 1.23. The largest absolute Gasteiger partial charge is 0.362 e. The Morgan fingerprint density at radius 1 is 1.44 bits per heavy atom. The Labute approximate surface area is 92.9 Å². The third-order valence-electron chi connectivity index (χ3n) is 3.08. The summed E-state index contributed by atoms with van der Waals surface area (Å²) in [5.41, 5.74) is 3.92. The standard InChI is InChI=1S/C12H12N2O2/c1-8-5-10-11(3-2-4-12(10)15)14(8)9-6-13-16-7-9/h5-7H,2-4H2,1H3. The number of ketones is 1. The monoisotopic (exact) mass is 216 g/mol. The van der Waals surface area contributed by atoms with Crippen LogP contribution in [0, 0.1) is 6.92 Å². The molecular formula is C12H12N2O2. The first kappa shape index (κ1) is 9.39. The van der Waals surface area contributed by atoms with Crippen LogP contribution >= 0.6 is 0 Å². The first-order valence-electron chi connectivity index (χ1n) is 5.41. The number of fused-ring (bicyclic) bond motifs is 1. The maximum absolute atomic E-state index is 11.8. The Morgan fingerprint density at radius 2 is 2.31 bits per heavy atom. The Morgan fingerprint density at radius 3 is 3.06 bits per heavy atom. The molecule has 2 aromatic rings. The summed E-state index contributed by atoms with van der Waals surface area (Å²) in [6.45, 7) is 2.00.